The first kappa shape index (κ1) is 17.5. The summed E-state index contributed by atoms with van der Waals surface area (Å²) in [6.45, 7) is 9.99. The van der Waals surface area contributed by atoms with Crippen LogP contribution in [0.1, 0.15) is 51.9 Å². The van der Waals surface area contributed by atoms with Crippen molar-refractivity contribution in [2.45, 2.75) is 52.8 Å². The van der Waals surface area contributed by atoms with Crippen molar-refractivity contribution >= 4 is 17.0 Å². The Kier molecular flexibility index (Phi) is 4.13. The number of rotatable bonds is 1. The number of pyridine rings is 1. The molecule has 0 spiro atoms. The molecule has 25 heavy (non-hydrogen) atoms. The van der Waals surface area contributed by atoms with Crippen LogP contribution in [0.5, 0.6) is 0 Å². The van der Waals surface area contributed by atoms with Gasteiger partial charge in [0, 0.05) is 23.7 Å². The van der Waals surface area contributed by atoms with E-state index in [1.165, 1.54) is 0 Å². The molecule has 134 valence electrons. The highest BCUT2D eigenvalue weighted by molar-refractivity contribution is 5.81. The van der Waals surface area contributed by atoms with Gasteiger partial charge in [-0.15, -0.1) is 0 Å². The number of hydrogen-bond acceptors (Lipinski definition) is 3. The Morgan fingerprint density at radius 1 is 1.24 bits per heavy atom. The zero-order valence-electron chi connectivity index (χ0n) is 15.8. The molecule has 1 amide bonds. The summed E-state index contributed by atoms with van der Waals surface area (Å²) in [4.78, 5) is 27.4. The maximum Gasteiger partial charge on any atom is 0.411 e. The fourth-order valence-electron chi connectivity index (χ4n) is 3.69. The van der Waals surface area contributed by atoms with Gasteiger partial charge in [0.1, 0.15) is 5.60 Å². The average Bonchev–Trinajstić information content (AvgIpc) is 2.92. The number of carbonyl (C=O) groups excluding carboxylic acids is 1. The van der Waals surface area contributed by atoms with E-state index < -0.39 is 5.60 Å². The van der Waals surface area contributed by atoms with E-state index in [9.17, 15) is 9.59 Å². The highest BCUT2D eigenvalue weighted by Crippen LogP contribution is 2.39. The highest BCUT2D eigenvalue weighted by atomic mass is 16.6. The van der Waals surface area contributed by atoms with Crippen molar-refractivity contribution in [1.29, 1.82) is 0 Å². The number of fused-ring (bicyclic) bond motifs is 2. The second-order valence-corrected chi connectivity index (χ2v) is 8.07. The van der Waals surface area contributed by atoms with Crippen molar-refractivity contribution in [3.05, 3.63) is 45.7 Å². The van der Waals surface area contributed by atoms with Gasteiger partial charge in [-0.25, -0.2) is 4.79 Å². The van der Waals surface area contributed by atoms with Crippen LogP contribution in [0.3, 0.4) is 0 Å². The minimum absolute atomic E-state index is 0.0143. The predicted molar refractivity (Wildman–Crippen MR) is 98.5 cm³/mol. The average molecular weight is 342 g/mol. The molecule has 1 aromatic heterocycles. The summed E-state index contributed by atoms with van der Waals surface area (Å²) in [5, 5.41) is 0.692. The van der Waals surface area contributed by atoms with Crippen molar-refractivity contribution in [1.82, 2.24) is 9.47 Å². The van der Waals surface area contributed by atoms with Gasteiger partial charge in [0.15, 0.2) is 5.43 Å². The lowest BCUT2D eigenvalue weighted by Crippen LogP contribution is -2.37. The minimum atomic E-state index is -0.569. The molecule has 0 aliphatic carbocycles. The maximum absolute atomic E-state index is 13.0. The van der Waals surface area contributed by atoms with Crippen LogP contribution in [0, 0.1) is 5.92 Å². The summed E-state index contributed by atoms with van der Waals surface area (Å²) in [6, 6.07) is 7.42. The Hall–Kier alpha value is -2.30. The first-order valence-electron chi connectivity index (χ1n) is 8.72. The van der Waals surface area contributed by atoms with Crippen molar-refractivity contribution < 1.29 is 9.53 Å². The molecule has 0 N–H and O–H groups in total. The number of amides is 1. The zero-order valence-corrected chi connectivity index (χ0v) is 15.8. The van der Waals surface area contributed by atoms with Gasteiger partial charge in [0.2, 0.25) is 0 Å². The SMILES string of the molecule is CC(C)[C@@H]1c2c(c(=O)c3ccccc3n2C)CN1C(=O)OC(C)(C)C. The summed E-state index contributed by atoms with van der Waals surface area (Å²) < 4.78 is 7.64. The maximum atomic E-state index is 13.0. The topological polar surface area (TPSA) is 51.5 Å². The molecule has 0 unspecified atom stereocenters. The van der Waals surface area contributed by atoms with Gasteiger partial charge in [0.25, 0.3) is 0 Å². The number of hydrogen-bond donors (Lipinski definition) is 0. The van der Waals surface area contributed by atoms with Crippen molar-refractivity contribution in [3.63, 3.8) is 0 Å². The number of aryl methyl sites for hydroxylation is 1. The number of para-hydroxylation sites is 1. The number of benzene rings is 1. The van der Waals surface area contributed by atoms with E-state index in [0.717, 1.165) is 11.2 Å². The molecule has 0 bridgehead atoms. The Morgan fingerprint density at radius 2 is 1.88 bits per heavy atom. The van der Waals surface area contributed by atoms with Crippen LogP contribution in [-0.2, 0) is 18.3 Å². The van der Waals surface area contributed by atoms with Crippen LogP contribution in [0.2, 0.25) is 0 Å². The van der Waals surface area contributed by atoms with Crippen LogP contribution in [0.15, 0.2) is 29.1 Å². The smallest absolute Gasteiger partial charge is 0.411 e. The lowest BCUT2D eigenvalue weighted by atomic mass is 9.98. The molecule has 0 saturated heterocycles. The molecule has 0 fully saturated rings. The first-order chi connectivity index (χ1) is 11.6. The Labute approximate surface area is 148 Å². The molecule has 5 heteroatoms. The summed E-state index contributed by atoms with van der Waals surface area (Å²) in [7, 11) is 1.97. The molecule has 2 heterocycles. The van der Waals surface area contributed by atoms with Gasteiger partial charge < -0.3 is 9.30 Å². The van der Waals surface area contributed by atoms with E-state index in [1.54, 1.807) is 4.90 Å². The van der Waals surface area contributed by atoms with Gasteiger partial charge in [-0.2, -0.15) is 0 Å². The molecule has 5 nitrogen and oxygen atoms in total. The van der Waals surface area contributed by atoms with Gasteiger partial charge in [0.05, 0.1) is 18.1 Å². The van der Waals surface area contributed by atoms with Gasteiger partial charge >= 0.3 is 6.09 Å². The molecule has 1 atom stereocenters. The van der Waals surface area contributed by atoms with Crippen molar-refractivity contribution in [3.8, 4) is 0 Å². The molecular formula is C20H26N2O3. The lowest BCUT2D eigenvalue weighted by Gasteiger charge is -2.31. The summed E-state index contributed by atoms with van der Waals surface area (Å²) >= 11 is 0. The van der Waals surface area contributed by atoms with Crippen LogP contribution < -0.4 is 5.43 Å². The summed E-state index contributed by atoms with van der Waals surface area (Å²) in [6.07, 6.45) is -0.370. The van der Waals surface area contributed by atoms with E-state index in [-0.39, 0.29) is 23.5 Å². The normalized spacial score (nSPS) is 17.2. The van der Waals surface area contributed by atoms with E-state index in [0.29, 0.717) is 17.5 Å². The lowest BCUT2D eigenvalue weighted by molar-refractivity contribution is 0.0122. The molecule has 0 radical (unpaired) electrons. The molecule has 1 aliphatic heterocycles. The Balaban J connectivity index is 2.17. The first-order valence-corrected chi connectivity index (χ1v) is 8.72. The number of nitrogens with zero attached hydrogens (tertiary/aromatic N) is 2. The molecule has 2 aromatic rings. The van der Waals surface area contributed by atoms with Crippen LogP contribution >= 0.6 is 0 Å². The molecule has 3 rings (SSSR count). The molecule has 0 saturated carbocycles. The standard InChI is InChI=1S/C20H26N2O3/c1-12(2)16-17-14(11-22(16)19(24)25-20(3,4)5)18(23)13-9-7-8-10-15(13)21(17)6/h7-10,12,16H,11H2,1-6H3/t16-/m1/s1. The van der Waals surface area contributed by atoms with Crippen LogP contribution in [0.25, 0.3) is 10.9 Å². The zero-order chi connectivity index (χ0) is 18.5. The third kappa shape index (κ3) is 2.92. The Morgan fingerprint density at radius 3 is 2.48 bits per heavy atom. The third-order valence-electron chi connectivity index (χ3n) is 4.66. The van der Waals surface area contributed by atoms with E-state index in [1.807, 2.05) is 52.1 Å². The van der Waals surface area contributed by atoms with Crippen molar-refractivity contribution in [2.24, 2.45) is 13.0 Å². The molecular weight excluding hydrogens is 316 g/mol. The largest absolute Gasteiger partial charge is 0.444 e. The van der Waals surface area contributed by atoms with E-state index >= 15 is 0 Å². The predicted octanol–water partition coefficient (Wildman–Crippen LogP) is 3.99. The molecule has 1 aliphatic rings. The number of aromatic nitrogens is 1. The molecule has 1 aromatic carbocycles. The van der Waals surface area contributed by atoms with Gasteiger partial charge in [-0.05, 0) is 38.8 Å². The Bertz CT molecular complexity index is 890. The monoisotopic (exact) mass is 342 g/mol. The van der Waals surface area contributed by atoms with Crippen LogP contribution in [0.4, 0.5) is 4.79 Å². The van der Waals surface area contributed by atoms with Crippen LogP contribution in [-0.4, -0.2) is 21.2 Å². The van der Waals surface area contributed by atoms with Gasteiger partial charge in [-0.3, -0.25) is 9.69 Å². The van der Waals surface area contributed by atoms with Crippen molar-refractivity contribution in [2.75, 3.05) is 0 Å². The van der Waals surface area contributed by atoms with Gasteiger partial charge in [-0.1, -0.05) is 26.0 Å². The fourth-order valence-corrected chi connectivity index (χ4v) is 3.69. The third-order valence-corrected chi connectivity index (χ3v) is 4.66. The highest BCUT2D eigenvalue weighted by Gasteiger charge is 2.41. The van der Waals surface area contributed by atoms with E-state index in [2.05, 4.69) is 18.4 Å². The minimum Gasteiger partial charge on any atom is -0.444 e. The fraction of sp³-hybridized carbons (Fsp3) is 0.500. The second-order valence-electron chi connectivity index (χ2n) is 8.07. The quantitative estimate of drug-likeness (QED) is 0.787. The second kappa shape index (κ2) is 5.90. The number of ether oxygens (including phenoxy) is 1. The number of carbonyl (C=O) groups is 1. The summed E-state index contributed by atoms with van der Waals surface area (Å²) in [5.41, 5.74) is 1.96. The van der Waals surface area contributed by atoms with E-state index in [4.69, 9.17) is 4.74 Å². The summed E-state index contributed by atoms with van der Waals surface area (Å²) in [5.74, 6) is 0.167.